The molecule has 0 unspecified atom stereocenters. The van der Waals surface area contributed by atoms with Gasteiger partial charge in [0.15, 0.2) is 0 Å². The van der Waals surface area contributed by atoms with Gasteiger partial charge in [0.25, 0.3) is 0 Å². The topological polar surface area (TPSA) is 166 Å². The summed E-state index contributed by atoms with van der Waals surface area (Å²) in [4.78, 5) is 27.2. The van der Waals surface area contributed by atoms with Crippen LogP contribution in [0.3, 0.4) is 0 Å². The average molecular weight is 559 g/mol. The maximum Gasteiger partial charge on any atom is 0.334 e. The van der Waals surface area contributed by atoms with Crippen molar-refractivity contribution in [3.63, 3.8) is 0 Å². The van der Waals surface area contributed by atoms with Crippen molar-refractivity contribution in [3.8, 4) is 0 Å². The third-order valence-corrected chi connectivity index (χ3v) is 13.6. The smallest absolute Gasteiger partial charge is 0.334 e. The Hall–Kier alpha value is -1.82. The molecule has 4 saturated carbocycles. The van der Waals surface area contributed by atoms with E-state index in [9.17, 15) is 35.1 Å². The first kappa shape index (κ1) is 25.9. The zero-order valence-electron chi connectivity index (χ0n) is 23.2. The number of aliphatic hydroxyl groups is 5. The monoisotopic (exact) mass is 558 g/mol. The number of fused-ring (bicyclic) bond motifs is 5. The van der Waals surface area contributed by atoms with Crippen molar-refractivity contribution in [3.05, 3.63) is 24.3 Å². The molecule has 0 aromatic heterocycles. The molecule has 5 aliphatic carbocycles. The van der Waals surface area contributed by atoms with Crippen LogP contribution in [0.25, 0.3) is 0 Å². The molecule has 2 bridgehead atoms. The Balaban J connectivity index is 1.33. The van der Waals surface area contributed by atoms with Crippen LogP contribution < -0.4 is 0 Å². The molecule has 0 aromatic rings. The van der Waals surface area contributed by atoms with Gasteiger partial charge in [-0.3, -0.25) is 4.79 Å². The fourth-order valence-corrected chi connectivity index (χ4v) is 11.5. The summed E-state index contributed by atoms with van der Waals surface area (Å²) in [5.41, 5.74) is -9.13. The number of epoxide rings is 1. The van der Waals surface area contributed by atoms with Crippen LogP contribution in [0.15, 0.2) is 24.3 Å². The first-order valence-electron chi connectivity index (χ1n) is 14.5. The van der Waals surface area contributed by atoms with Crippen molar-refractivity contribution in [1.82, 2.24) is 0 Å². The van der Waals surface area contributed by atoms with E-state index < -0.39 is 98.9 Å². The molecule has 2 spiro atoms. The number of rotatable bonds is 0. The molecule has 5 N–H and O–H groups in total. The Morgan fingerprint density at radius 3 is 2.38 bits per heavy atom. The normalized spacial score (nSPS) is 66.0. The molecule has 40 heavy (non-hydrogen) atoms. The highest BCUT2D eigenvalue weighted by Gasteiger charge is 2.91. The summed E-state index contributed by atoms with van der Waals surface area (Å²) in [7, 11) is 0. The number of carbonyl (C=O) groups excluding carboxylic acids is 2. The van der Waals surface area contributed by atoms with Crippen LogP contribution in [0, 0.1) is 39.9 Å². The summed E-state index contributed by atoms with van der Waals surface area (Å²) < 4.78 is 18.1. The van der Waals surface area contributed by atoms with E-state index >= 15 is 0 Å². The molecule has 10 heteroatoms. The molecule has 0 aromatic carbocycles. The van der Waals surface area contributed by atoms with E-state index in [1.54, 1.807) is 6.92 Å². The largest absolute Gasteiger partial charge is 0.461 e. The van der Waals surface area contributed by atoms with Gasteiger partial charge in [0.1, 0.15) is 35.6 Å². The predicted molar refractivity (Wildman–Crippen MR) is 135 cm³/mol. The van der Waals surface area contributed by atoms with Gasteiger partial charge in [0, 0.05) is 34.2 Å². The fourth-order valence-electron chi connectivity index (χ4n) is 11.5. The van der Waals surface area contributed by atoms with Crippen LogP contribution >= 0.6 is 0 Å². The van der Waals surface area contributed by atoms with Gasteiger partial charge in [0.05, 0.1) is 28.6 Å². The van der Waals surface area contributed by atoms with Gasteiger partial charge in [-0.05, 0) is 46.5 Å². The van der Waals surface area contributed by atoms with Crippen LogP contribution in [0.5, 0.6) is 0 Å². The third-order valence-electron chi connectivity index (χ3n) is 13.6. The molecule has 16 atom stereocenters. The maximum absolute atomic E-state index is 14.4. The van der Waals surface area contributed by atoms with Crippen LogP contribution in [0.1, 0.15) is 53.4 Å². The second kappa shape index (κ2) is 6.71. The number of esters is 2. The second-order valence-corrected chi connectivity index (χ2v) is 15.0. The Labute approximate surface area is 232 Å². The minimum atomic E-state index is -1.84. The summed E-state index contributed by atoms with van der Waals surface area (Å²) in [6.45, 7) is 10.6. The third kappa shape index (κ3) is 2.25. The van der Waals surface area contributed by atoms with E-state index in [1.807, 2.05) is 19.1 Å². The second-order valence-electron chi connectivity index (χ2n) is 15.0. The number of allylic oxidation sites excluding steroid dienone is 1. The number of aliphatic hydroxyl groups excluding tert-OH is 2. The maximum atomic E-state index is 14.4. The van der Waals surface area contributed by atoms with E-state index in [0.29, 0.717) is 18.4 Å². The quantitative estimate of drug-likeness (QED) is 0.119. The lowest BCUT2D eigenvalue weighted by molar-refractivity contribution is -0.188. The average Bonchev–Trinajstić information content (AvgIpc) is 3.21. The molecule has 0 radical (unpaired) electrons. The minimum Gasteiger partial charge on any atom is -0.461 e. The Bertz CT molecular complexity index is 1320. The molecule has 8 aliphatic rings. The van der Waals surface area contributed by atoms with Gasteiger partial charge in [0.2, 0.25) is 0 Å². The van der Waals surface area contributed by atoms with Crippen LogP contribution in [0.4, 0.5) is 0 Å². The number of hydrogen-bond donors (Lipinski definition) is 5. The fraction of sp³-hybridized carbons (Fsp3) is 0.800. The Kier molecular flexibility index (Phi) is 4.34. The zero-order valence-corrected chi connectivity index (χ0v) is 23.2. The summed E-state index contributed by atoms with van der Waals surface area (Å²) in [5.74, 6) is -3.43. The van der Waals surface area contributed by atoms with E-state index in [1.165, 1.54) is 13.8 Å². The Morgan fingerprint density at radius 2 is 1.68 bits per heavy atom. The first-order chi connectivity index (χ1) is 18.5. The lowest BCUT2D eigenvalue weighted by Gasteiger charge is -2.45. The summed E-state index contributed by atoms with van der Waals surface area (Å²) in [6.07, 6.45) is -0.167. The van der Waals surface area contributed by atoms with E-state index in [2.05, 4.69) is 6.58 Å². The van der Waals surface area contributed by atoms with E-state index in [4.69, 9.17) is 14.2 Å². The van der Waals surface area contributed by atoms with Gasteiger partial charge in [-0.1, -0.05) is 25.7 Å². The molecule has 3 saturated heterocycles. The lowest BCUT2D eigenvalue weighted by Crippen LogP contribution is -2.59. The molecule has 3 heterocycles. The molecule has 7 fully saturated rings. The lowest BCUT2D eigenvalue weighted by atomic mass is 9.54. The highest BCUT2D eigenvalue weighted by atomic mass is 16.7. The molecule has 8 rings (SSSR count). The van der Waals surface area contributed by atoms with Crippen molar-refractivity contribution in [2.24, 2.45) is 39.9 Å². The molecular weight excluding hydrogens is 520 g/mol. The van der Waals surface area contributed by atoms with Gasteiger partial charge in [-0.2, -0.15) is 0 Å². The van der Waals surface area contributed by atoms with Gasteiger partial charge in [-0.15, -0.1) is 0 Å². The minimum absolute atomic E-state index is 0.0150. The zero-order chi connectivity index (χ0) is 28.8. The molecular formula is C30H38O10. The van der Waals surface area contributed by atoms with Crippen LogP contribution in [-0.4, -0.2) is 90.4 Å². The van der Waals surface area contributed by atoms with Gasteiger partial charge in [-0.25, -0.2) is 4.79 Å². The molecule has 0 amide bonds. The SMILES string of the molecule is C=C1C(=O)O[C@H]2[C@H]1CC[C@@](C)(O)[C@]13C=C[C@](C)([C@@H]21)[C@]1(C3)C(=O)O[C@H]2[C@H]1C[C@@H](O)[C@@](C)(O)[C@]13O[C@H]1[C@@H](O)[C@](C)(O)[C@H]23. The van der Waals surface area contributed by atoms with Crippen molar-refractivity contribution >= 4 is 11.9 Å². The summed E-state index contributed by atoms with van der Waals surface area (Å²) in [6, 6.07) is 0. The highest BCUT2D eigenvalue weighted by Crippen LogP contribution is 2.81. The molecule has 218 valence electrons. The van der Waals surface area contributed by atoms with E-state index in [-0.39, 0.29) is 18.8 Å². The first-order valence-corrected chi connectivity index (χ1v) is 14.5. The van der Waals surface area contributed by atoms with Crippen LogP contribution in [0.2, 0.25) is 0 Å². The van der Waals surface area contributed by atoms with Gasteiger partial charge < -0.3 is 39.7 Å². The summed E-state index contributed by atoms with van der Waals surface area (Å²) >= 11 is 0. The van der Waals surface area contributed by atoms with Crippen LogP contribution in [-0.2, 0) is 23.8 Å². The number of ether oxygens (including phenoxy) is 3. The Morgan fingerprint density at radius 1 is 0.975 bits per heavy atom. The van der Waals surface area contributed by atoms with E-state index in [0.717, 1.165) is 0 Å². The van der Waals surface area contributed by atoms with Crippen molar-refractivity contribution in [2.75, 3.05) is 0 Å². The van der Waals surface area contributed by atoms with Crippen molar-refractivity contribution < 1.29 is 49.3 Å². The van der Waals surface area contributed by atoms with Crippen molar-refractivity contribution in [1.29, 1.82) is 0 Å². The van der Waals surface area contributed by atoms with Crippen molar-refractivity contribution in [2.45, 2.75) is 106 Å². The van der Waals surface area contributed by atoms with Gasteiger partial charge >= 0.3 is 11.9 Å². The molecule has 10 nitrogen and oxygen atoms in total. The molecule has 3 aliphatic heterocycles. The number of hydrogen-bond acceptors (Lipinski definition) is 10. The number of carbonyl (C=O) groups is 2. The summed E-state index contributed by atoms with van der Waals surface area (Å²) in [5, 5.41) is 58.0. The standard InChI is InChI=1S/C30H38O10/c1-12-13-6-7-25(3,35)28-9-8-24(2,18(28)16(13)38-22(12)33)29(11-28)14-10-15(31)27(5,37)30-19(17(14)39-23(29)34)26(4,36)20(32)21(30)40-30/h8-9,13-21,31-32,35-37H,1,6-7,10-11H2,2-5H3/t13-,14+,15+,16-,17-,18+,19-,20+,21-,24+,25+,26+,27+,28-,29-,30+/m0/s1. The highest BCUT2D eigenvalue weighted by molar-refractivity contribution is 5.91. The predicted octanol–water partition coefficient (Wildman–Crippen LogP) is 0.134.